The van der Waals surface area contributed by atoms with Crippen LogP contribution in [0.15, 0.2) is 33.7 Å². The summed E-state index contributed by atoms with van der Waals surface area (Å²) in [5, 5.41) is 6.45. The number of nitrogens with zero attached hydrogens (tertiary/aromatic N) is 2. The molecule has 1 aromatic rings. The monoisotopic (exact) mass is 568 g/mol. The molecule has 0 unspecified atom stereocenters. The van der Waals surface area contributed by atoms with E-state index in [-0.39, 0.29) is 42.0 Å². The number of hydrogen-bond acceptors (Lipinski definition) is 4. The molecule has 0 spiro atoms. The molecule has 1 aliphatic rings. The molecule has 7 nitrogen and oxygen atoms in total. The van der Waals surface area contributed by atoms with Gasteiger partial charge in [0.1, 0.15) is 0 Å². The van der Waals surface area contributed by atoms with E-state index in [4.69, 9.17) is 9.47 Å². The van der Waals surface area contributed by atoms with E-state index in [2.05, 4.69) is 31.6 Å². The van der Waals surface area contributed by atoms with Gasteiger partial charge in [-0.3, -0.25) is 4.79 Å². The maximum Gasteiger partial charge on any atom is 0.241 e. The highest BCUT2D eigenvalue weighted by Gasteiger charge is 2.32. The summed E-state index contributed by atoms with van der Waals surface area (Å²) in [7, 11) is 5.20. The Morgan fingerprint density at radius 2 is 1.89 bits per heavy atom. The molecule has 2 rings (SSSR count). The minimum Gasteiger partial charge on any atom is -0.381 e. The molecule has 1 aliphatic heterocycles. The van der Waals surface area contributed by atoms with Gasteiger partial charge in [0.25, 0.3) is 0 Å². The van der Waals surface area contributed by atoms with Crippen molar-refractivity contribution < 1.29 is 14.3 Å². The molecule has 0 saturated carbocycles. The van der Waals surface area contributed by atoms with Crippen molar-refractivity contribution in [2.24, 2.45) is 4.99 Å². The van der Waals surface area contributed by atoms with Crippen molar-refractivity contribution in [3.63, 3.8) is 0 Å². The molecule has 158 valence electrons. The van der Waals surface area contributed by atoms with Crippen LogP contribution < -0.4 is 10.6 Å². The molecule has 1 heterocycles. The Labute approximate surface area is 192 Å². The van der Waals surface area contributed by atoms with Gasteiger partial charge in [-0.15, -0.1) is 24.0 Å². The summed E-state index contributed by atoms with van der Waals surface area (Å²) < 4.78 is 12.2. The first-order chi connectivity index (χ1) is 12.9. The summed E-state index contributed by atoms with van der Waals surface area (Å²) in [5.74, 6) is 0.580. The number of amides is 1. The molecular weight excluding hydrogens is 539 g/mol. The van der Waals surface area contributed by atoms with Crippen LogP contribution in [0.4, 0.5) is 0 Å². The number of carbonyl (C=O) groups excluding carboxylic acids is 1. The second-order valence-electron chi connectivity index (χ2n) is 6.79. The van der Waals surface area contributed by atoms with Crippen molar-refractivity contribution in [1.82, 2.24) is 15.5 Å². The SMILES string of the molecule is COC1(CNC(=NCc2ccc(Br)cc2)NCC(=O)N(C)C)CCOCC1.I. The van der Waals surface area contributed by atoms with Gasteiger partial charge in [-0.25, -0.2) is 4.99 Å². The van der Waals surface area contributed by atoms with Gasteiger partial charge in [0.05, 0.1) is 18.7 Å². The Hall–Kier alpha value is -0.910. The maximum absolute atomic E-state index is 11.9. The van der Waals surface area contributed by atoms with Gasteiger partial charge in [0.15, 0.2) is 5.96 Å². The van der Waals surface area contributed by atoms with Gasteiger partial charge in [-0.1, -0.05) is 28.1 Å². The summed E-state index contributed by atoms with van der Waals surface area (Å²) in [5.41, 5.74) is 0.815. The van der Waals surface area contributed by atoms with Crippen LogP contribution in [0, 0.1) is 0 Å². The van der Waals surface area contributed by atoms with E-state index >= 15 is 0 Å². The van der Waals surface area contributed by atoms with Gasteiger partial charge < -0.3 is 25.0 Å². The number of ether oxygens (including phenoxy) is 2. The van der Waals surface area contributed by atoms with Crippen LogP contribution in [0.2, 0.25) is 0 Å². The van der Waals surface area contributed by atoms with Crippen LogP contribution in [0.3, 0.4) is 0 Å². The summed E-state index contributed by atoms with van der Waals surface area (Å²) in [6.07, 6.45) is 1.65. The minimum atomic E-state index is -0.274. The number of carbonyl (C=O) groups is 1. The summed E-state index contributed by atoms with van der Waals surface area (Å²) in [6, 6.07) is 8.02. The topological polar surface area (TPSA) is 75.2 Å². The third-order valence-corrected chi connectivity index (χ3v) is 5.18. The number of rotatable bonds is 7. The number of nitrogens with one attached hydrogen (secondary N) is 2. The molecule has 1 fully saturated rings. The van der Waals surface area contributed by atoms with Crippen molar-refractivity contribution in [3.05, 3.63) is 34.3 Å². The highest BCUT2D eigenvalue weighted by molar-refractivity contribution is 14.0. The molecule has 0 bridgehead atoms. The normalized spacial score (nSPS) is 16.1. The predicted molar refractivity (Wildman–Crippen MR) is 125 cm³/mol. The summed E-state index contributed by atoms with van der Waals surface area (Å²) >= 11 is 3.44. The number of methoxy groups -OCH3 is 1. The lowest BCUT2D eigenvalue weighted by Gasteiger charge is -2.36. The fourth-order valence-corrected chi connectivity index (χ4v) is 2.96. The second kappa shape index (κ2) is 12.6. The van der Waals surface area contributed by atoms with E-state index in [1.165, 1.54) is 0 Å². The zero-order valence-corrected chi connectivity index (χ0v) is 20.6. The van der Waals surface area contributed by atoms with Crippen LogP contribution in [0.5, 0.6) is 0 Å². The third kappa shape index (κ3) is 8.22. The number of guanidine groups is 1. The molecule has 0 radical (unpaired) electrons. The van der Waals surface area contributed by atoms with E-state index in [0.717, 1.165) is 22.9 Å². The molecular formula is C19H30BrIN4O3. The number of aliphatic imine (C=N–C) groups is 1. The number of hydrogen-bond donors (Lipinski definition) is 2. The molecule has 0 aliphatic carbocycles. The van der Waals surface area contributed by atoms with E-state index in [1.807, 2.05) is 24.3 Å². The Morgan fingerprint density at radius 1 is 1.25 bits per heavy atom. The van der Waals surface area contributed by atoms with Crippen molar-refractivity contribution in [3.8, 4) is 0 Å². The molecule has 0 aromatic heterocycles. The van der Waals surface area contributed by atoms with Gasteiger partial charge in [-0.2, -0.15) is 0 Å². The van der Waals surface area contributed by atoms with E-state index in [0.29, 0.717) is 32.3 Å². The van der Waals surface area contributed by atoms with Gasteiger partial charge in [-0.05, 0) is 17.7 Å². The average molecular weight is 569 g/mol. The highest BCUT2D eigenvalue weighted by atomic mass is 127. The van der Waals surface area contributed by atoms with E-state index < -0.39 is 0 Å². The van der Waals surface area contributed by atoms with Crippen LogP contribution in [0.25, 0.3) is 0 Å². The van der Waals surface area contributed by atoms with Crippen molar-refractivity contribution in [1.29, 1.82) is 0 Å². The predicted octanol–water partition coefficient (Wildman–Crippen LogP) is 2.39. The van der Waals surface area contributed by atoms with Crippen LogP contribution in [-0.2, 0) is 20.8 Å². The quantitative estimate of drug-likeness (QED) is 0.300. The first-order valence-electron chi connectivity index (χ1n) is 9.04. The Kier molecular flexibility index (Phi) is 11.3. The Morgan fingerprint density at radius 3 is 2.46 bits per heavy atom. The van der Waals surface area contributed by atoms with Crippen LogP contribution >= 0.6 is 39.9 Å². The molecule has 0 atom stereocenters. The molecule has 28 heavy (non-hydrogen) atoms. The number of halogens is 2. The third-order valence-electron chi connectivity index (χ3n) is 4.65. The van der Waals surface area contributed by atoms with Gasteiger partial charge >= 0.3 is 0 Å². The minimum absolute atomic E-state index is 0. The largest absolute Gasteiger partial charge is 0.381 e. The number of benzene rings is 1. The van der Waals surface area contributed by atoms with E-state index in [1.54, 1.807) is 26.1 Å². The fourth-order valence-electron chi connectivity index (χ4n) is 2.69. The molecule has 1 aromatic carbocycles. The Balaban J connectivity index is 0.00000392. The molecule has 2 N–H and O–H groups in total. The zero-order valence-electron chi connectivity index (χ0n) is 16.7. The first kappa shape index (κ1) is 25.1. The first-order valence-corrected chi connectivity index (χ1v) is 9.83. The lowest BCUT2D eigenvalue weighted by molar-refractivity contribution is -0.127. The highest BCUT2D eigenvalue weighted by Crippen LogP contribution is 2.23. The Bertz CT molecular complexity index is 635. The molecule has 9 heteroatoms. The second-order valence-corrected chi connectivity index (χ2v) is 7.70. The summed E-state index contributed by atoms with van der Waals surface area (Å²) in [4.78, 5) is 18.1. The lowest BCUT2D eigenvalue weighted by Crippen LogP contribution is -2.51. The number of likely N-dealkylation sites (N-methyl/N-ethyl adjacent to an activating group) is 1. The average Bonchev–Trinajstić information content (AvgIpc) is 2.69. The van der Waals surface area contributed by atoms with Gasteiger partial charge in [0.2, 0.25) is 5.91 Å². The van der Waals surface area contributed by atoms with E-state index in [9.17, 15) is 4.79 Å². The molecule has 1 amide bonds. The smallest absolute Gasteiger partial charge is 0.241 e. The zero-order chi connectivity index (χ0) is 19.7. The summed E-state index contributed by atoms with van der Waals surface area (Å²) in [6.45, 7) is 2.68. The maximum atomic E-state index is 11.9. The van der Waals surface area contributed by atoms with Crippen molar-refractivity contribution in [2.45, 2.75) is 25.0 Å². The van der Waals surface area contributed by atoms with Crippen LogP contribution in [0.1, 0.15) is 18.4 Å². The fraction of sp³-hybridized carbons (Fsp3) is 0.579. The van der Waals surface area contributed by atoms with Gasteiger partial charge in [0, 0.05) is 58.3 Å². The van der Waals surface area contributed by atoms with Crippen LogP contribution in [-0.4, -0.2) is 69.9 Å². The van der Waals surface area contributed by atoms with Crippen molar-refractivity contribution >= 4 is 51.8 Å². The standard InChI is InChI=1S/C19H29BrN4O3.HI/c1-24(2)17(25)13-22-18(21-12-15-4-6-16(20)7-5-15)23-14-19(26-3)8-10-27-11-9-19;/h4-7H,8-14H2,1-3H3,(H2,21,22,23);1H. The van der Waals surface area contributed by atoms with Crippen molar-refractivity contribution in [2.75, 3.05) is 47.5 Å². The lowest BCUT2D eigenvalue weighted by atomic mass is 9.94. The molecule has 1 saturated heterocycles.